The van der Waals surface area contributed by atoms with Crippen LogP contribution in [0.15, 0.2) is 48.9 Å². The SMILES string of the molecule is CC1(F)Oc2cccc(NC(=O)c3nc(-c4cccnc4)cnc3N)c2O1. The molecule has 2 aromatic heterocycles. The van der Waals surface area contributed by atoms with Crippen LogP contribution < -0.4 is 20.5 Å². The van der Waals surface area contributed by atoms with Crippen LogP contribution in [0.2, 0.25) is 0 Å². The quantitative estimate of drug-likeness (QED) is 0.732. The number of carbonyl (C=O) groups excluding carboxylic acids is 1. The minimum atomic E-state index is -2.30. The van der Waals surface area contributed by atoms with E-state index in [1.807, 2.05) is 0 Å². The molecule has 0 spiro atoms. The van der Waals surface area contributed by atoms with Gasteiger partial charge in [0.2, 0.25) is 0 Å². The summed E-state index contributed by atoms with van der Waals surface area (Å²) in [7, 11) is 0. The van der Waals surface area contributed by atoms with Crippen LogP contribution in [0.4, 0.5) is 15.9 Å². The molecule has 1 atom stereocenters. The summed E-state index contributed by atoms with van der Waals surface area (Å²) >= 11 is 0. The average molecular weight is 367 g/mol. The highest BCUT2D eigenvalue weighted by Gasteiger charge is 2.38. The maximum absolute atomic E-state index is 13.9. The first-order chi connectivity index (χ1) is 12.9. The van der Waals surface area contributed by atoms with Crippen LogP contribution in [0, 0.1) is 0 Å². The van der Waals surface area contributed by atoms with E-state index in [1.165, 1.54) is 12.3 Å². The van der Waals surface area contributed by atoms with Crippen molar-refractivity contribution in [2.45, 2.75) is 13.0 Å². The molecule has 0 fully saturated rings. The van der Waals surface area contributed by atoms with Crippen molar-refractivity contribution in [3.8, 4) is 22.8 Å². The molecule has 0 bridgehead atoms. The normalized spacial score (nSPS) is 17.6. The highest BCUT2D eigenvalue weighted by Crippen LogP contribution is 2.45. The Bertz CT molecular complexity index is 1030. The van der Waals surface area contributed by atoms with Gasteiger partial charge in [-0.05, 0) is 24.3 Å². The first-order valence-corrected chi connectivity index (χ1v) is 7.97. The number of rotatable bonds is 3. The maximum atomic E-state index is 13.9. The van der Waals surface area contributed by atoms with Gasteiger partial charge in [-0.15, -0.1) is 0 Å². The van der Waals surface area contributed by atoms with E-state index in [9.17, 15) is 9.18 Å². The highest BCUT2D eigenvalue weighted by molar-refractivity contribution is 6.06. The van der Waals surface area contributed by atoms with Crippen molar-refractivity contribution in [3.05, 3.63) is 54.6 Å². The molecule has 1 amide bonds. The summed E-state index contributed by atoms with van der Waals surface area (Å²) in [6.07, 6.45) is 4.67. The van der Waals surface area contributed by atoms with Gasteiger partial charge in [0.15, 0.2) is 23.0 Å². The Hall–Kier alpha value is -3.75. The number of anilines is 2. The summed E-state index contributed by atoms with van der Waals surface area (Å²) in [5.74, 6) is -0.387. The van der Waals surface area contributed by atoms with Crippen LogP contribution in [0.25, 0.3) is 11.3 Å². The number of para-hydroxylation sites is 1. The van der Waals surface area contributed by atoms with Crippen molar-refractivity contribution in [2.24, 2.45) is 0 Å². The third-order valence-corrected chi connectivity index (χ3v) is 3.78. The van der Waals surface area contributed by atoms with Crippen LogP contribution in [-0.2, 0) is 0 Å². The molecule has 1 aliphatic rings. The molecule has 27 heavy (non-hydrogen) atoms. The van der Waals surface area contributed by atoms with Gasteiger partial charge >= 0.3 is 6.04 Å². The zero-order valence-corrected chi connectivity index (χ0v) is 14.1. The molecular weight excluding hydrogens is 353 g/mol. The molecule has 3 N–H and O–H groups in total. The van der Waals surface area contributed by atoms with E-state index in [4.69, 9.17) is 15.2 Å². The summed E-state index contributed by atoms with van der Waals surface area (Å²) in [6.45, 7) is 1.12. The van der Waals surface area contributed by atoms with Crippen molar-refractivity contribution >= 4 is 17.4 Å². The first kappa shape index (κ1) is 16.7. The van der Waals surface area contributed by atoms with E-state index < -0.39 is 11.9 Å². The number of ether oxygens (including phenoxy) is 2. The zero-order valence-electron chi connectivity index (χ0n) is 14.1. The van der Waals surface area contributed by atoms with Crippen LogP contribution in [0.3, 0.4) is 0 Å². The molecule has 9 heteroatoms. The minimum Gasteiger partial charge on any atom is -0.423 e. The number of nitrogen functional groups attached to an aromatic ring is 1. The number of fused-ring (bicyclic) bond motifs is 1. The monoisotopic (exact) mass is 367 g/mol. The molecule has 8 nitrogen and oxygen atoms in total. The fourth-order valence-electron chi connectivity index (χ4n) is 2.60. The van der Waals surface area contributed by atoms with Crippen LogP contribution >= 0.6 is 0 Å². The molecule has 0 aliphatic carbocycles. The van der Waals surface area contributed by atoms with Gasteiger partial charge in [-0.25, -0.2) is 9.97 Å². The number of amides is 1. The van der Waals surface area contributed by atoms with Gasteiger partial charge in [-0.1, -0.05) is 6.07 Å². The summed E-state index contributed by atoms with van der Waals surface area (Å²) in [5, 5.41) is 2.61. The lowest BCUT2D eigenvalue weighted by Gasteiger charge is -2.12. The molecule has 0 radical (unpaired) electrons. The van der Waals surface area contributed by atoms with Gasteiger partial charge in [-0.3, -0.25) is 9.78 Å². The number of halogens is 1. The van der Waals surface area contributed by atoms with Crippen molar-refractivity contribution in [1.82, 2.24) is 15.0 Å². The van der Waals surface area contributed by atoms with E-state index in [0.29, 0.717) is 11.3 Å². The van der Waals surface area contributed by atoms with E-state index in [-0.39, 0.29) is 28.7 Å². The highest BCUT2D eigenvalue weighted by atomic mass is 19.2. The van der Waals surface area contributed by atoms with Gasteiger partial charge in [0.1, 0.15) is 0 Å². The largest absolute Gasteiger partial charge is 0.423 e. The Labute approximate surface area is 153 Å². The second-order valence-electron chi connectivity index (χ2n) is 5.86. The van der Waals surface area contributed by atoms with E-state index in [0.717, 1.165) is 6.92 Å². The number of aromatic nitrogens is 3. The second-order valence-corrected chi connectivity index (χ2v) is 5.86. The number of benzene rings is 1. The lowest BCUT2D eigenvalue weighted by Crippen LogP contribution is -2.28. The van der Waals surface area contributed by atoms with Gasteiger partial charge < -0.3 is 20.5 Å². The molecule has 1 unspecified atom stereocenters. The topological polar surface area (TPSA) is 112 Å². The third-order valence-electron chi connectivity index (χ3n) is 3.78. The van der Waals surface area contributed by atoms with E-state index in [2.05, 4.69) is 20.3 Å². The molecule has 0 saturated carbocycles. The fraction of sp³-hybridized carbons (Fsp3) is 0.111. The Balaban J connectivity index is 1.65. The number of hydrogen-bond acceptors (Lipinski definition) is 7. The predicted octanol–water partition coefficient (Wildman–Crippen LogP) is 2.79. The second kappa shape index (κ2) is 6.20. The number of alkyl halides is 1. The summed E-state index contributed by atoms with van der Waals surface area (Å²) in [4.78, 5) is 25.0. The van der Waals surface area contributed by atoms with Gasteiger partial charge in [0.25, 0.3) is 5.91 Å². The van der Waals surface area contributed by atoms with Crippen molar-refractivity contribution < 1.29 is 18.7 Å². The van der Waals surface area contributed by atoms with Crippen molar-refractivity contribution in [1.29, 1.82) is 0 Å². The predicted molar refractivity (Wildman–Crippen MR) is 94.8 cm³/mol. The summed E-state index contributed by atoms with van der Waals surface area (Å²) in [5.41, 5.74) is 7.09. The standard InChI is InChI=1S/C18H14FN5O3/c1-18(19)26-13-6-2-5-11(15(13)27-18)24-17(25)14-16(20)22-9-12(23-14)10-4-3-7-21-8-10/h2-9H,1H3,(H2,20,22)(H,24,25). The molecule has 3 heterocycles. The molecule has 136 valence electrons. The van der Waals surface area contributed by atoms with Crippen LogP contribution in [-0.4, -0.2) is 26.9 Å². The van der Waals surface area contributed by atoms with Gasteiger partial charge in [-0.2, -0.15) is 4.39 Å². The van der Waals surface area contributed by atoms with Crippen molar-refractivity contribution in [2.75, 3.05) is 11.1 Å². The summed E-state index contributed by atoms with van der Waals surface area (Å²) in [6, 6.07) is 5.91. The Morgan fingerprint density at radius 1 is 1.22 bits per heavy atom. The zero-order chi connectivity index (χ0) is 19.0. The molecule has 1 aromatic carbocycles. The molecule has 3 aromatic rings. The Morgan fingerprint density at radius 3 is 2.85 bits per heavy atom. The van der Waals surface area contributed by atoms with Crippen molar-refractivity contribution in [3.63, 3.8) is 0 Å². The number of hydrogen-bond donors (Lipinski definition) is 2. The number of nitrogens with two attached hydrogens (primary N) is 1. The van der Waals surface area contributed by atoms with E-state index >= 15 is 0 Å². The minimum absolute atomic E-state index is 0.0415. The van der Waals surface area contributed by atoms with Crippen LogP contribution in [0.1, 0.15) is 17.4 Å². The van der Waals surface area contributed by atoms with E-state index in [1.54, 1.807) is 36.7 Å². The molecular formula is C18H14FN5O3. The fourth-order valence-corrected chi connectivity index (χ4v) is 2.60. The molecule has 0 saturated heterocycles. The third kappa shape index (κ3) is 3.22. The van der Waals surface area contributed by atoms with Gasteiger partial charge in [0.05, 0.1) is 17.6 Å². The molecule has 1 aliphatic heterocycles. The Kier molecular flexibility index (Phi) is 3.84. The lowest BCUT2D eigenvalue weighted by atomic mass is 10.2. The molecule has 4 rings (SSSR count). The first-order valence-electron chi connectivity index (χ1n) is 7.97. The van der Waals surface area contributed by atoms with Crippen LogP contribution in [0.5, 0.6) is 11.5 Å². The van der Waals surface area contributed by atoms with Gasteiger partial charge in [0, 0.05) is 24.9 Å². The number of nitrogens with one attached hydrogen (secondary N) is 1. The smallest absolute Gasteiger partial charge is 0.404 e. The number of carbonyl (C=O) groups is 1. The number of nitrogens with zero attached hydrogens (tertiary/aromatic N) is 3. The lowest BCUT2D eigenvalue weighted by molar-refractivity contribution is -0.173. The average Bonchev–Trinajstić information content (AvgIpc) is 2.98. The summed E-state index contributed by atoms with van der Waals surface area (Å²) < 4.78 is 24.1. The maximum Gasteiger partial charge on any atom is 0.404 e. The Morgan fingerprint density at radius 2 is 2.07 bits per heavy atom. The number of pyridine rings is 1.